The molecule has 2 aromatic rings. The molecule has 1 aromatic heterocycles. The van der Waals surface area contributed by atoms with Gasteiger partial charge in [0.15, 0.2) is 5.96 Å². The number of benzene rings is 1. The zero-order valence-corrected chi connectivity index (χ0v) is 14.7. The minimum Gasteiger partial charge on any atom is -0.381 e. The van der Waals surface area contributed by atoms with E-state index in [1.54, 1.807) is 0 Å². The standard InChI is InChI=1S/C19H28N4O/c1-20-19(23(2)10-7-15-8-11-24-12-9-15)21-14-17-13-16-5-3-4-6-18(16)22-17/h3-6,13,15,22H,7-12,14H2,1-2H3,(H,20,21). The van der Waals surface area contributed by atoms with Crippen LogP contribution in [0, 0.1) is 5.92 Å². The molecule has 2 heterocycles. The number of hydrogen-bond acceptors (Lipinski definition) is 2. The van der Waals surface area contributed by atoms with Crippen LogP contribution < -0.4 is 5.32 Å². The molecule has 3 rings (SSSR count). The molecule has 24 heavy (non-hydrogen) atoms. The van der Waals surface area contributed by atoms with Gasteiger partial charge in [-0.1, -0.05) is 18.2 Å². The van der Waals surface area contributed by atoms with E-state index < -0.39 is 0 Å². The van der Waals surface area contributed by atoms with Crippen molar-refractivity contribution < 1.29 is 4.74 Å². The molecule has 1 aromatic carbocycles. The Bertz CT molecular complexity index is 640. The molecule has 0 spiro atoms. The summed E-state index contributed by atoms with van der Waals surface area (Å²) in [5.41, 5.74) is 2.35. The van der Waals surface area contributed by atoms with Gasteiger partial charge in [-0.3, -0.25) is 4.99 Å². The maximum absolute atomic E-state index is 5.43. The Morgan fingerprint density at radius 2 is 2.12 bits per heavy atom. The van der Waals surface area contributed by atoms with Crippen molar-refractivity contribution in [1.29, 1.82) is 0 Å². The lowest BCUT2D eigenvalue weighted by molar-refractivity contribution is 0.0625. The van der Waals surface area contributed by atoms with Gasteiger partial charge >= 0.3 is 0 Å². The van der Waals surface area contributed by atoms with Gasteiger partial charge in [0, 0.05) is 45.1 Å². The number of aromatic nitrogens is 1. The molecule has 0 atom stereocenters. The minimum absolute atomic E-state index is 0.753. The Morgan fingerprint density at radius 1 is 1.33 bits per heavy atom. The molecular formula is C19H28N4O. The van der Waals surface area contributed by atoms with Crippen molar-refractivity contribution in [2.75, 3.05) is 33.9 Å². The maximum atomic E-state index is 5.43. The molecule has 1 fully saturated rings. The topological polar surface area (TPSA) is 52.7 Å². The van der Waals surface area contributed by atoms with Crippen LogP contribution in [-0.2, 0) is 11.3 Å². The second-order valence-electron chi connectivity index (χ2n) is 6.55. The van der Waals surface area contributed by atoms with Gasteiger partial charge in [-0.25, -0.2) is 0 Å². The largest absolute Gasteiger partial charge is 0.381 e. The van der Waals surface area contributed by atoms with Crippen molar-refractivity contribution in [3.63, 3.8) is 0 Å². The molecule has 1 saturated heterocycles. The first-order chi connectivity index (χ1) is 11.8. The van der Waals surface area contributed by atoms with Crippen molar-refractivity contribution in [3.05, 3.63) is 36.0 Å². The summed E-state index contributed by atoms with van der Waals surface area (Å²) in [7, 11) is 3.96. The summed E-state index contributed by atoms with van der Waals surface area (Å²) < 4.78 is 5.43. The van der Waals surface area contributed by atoms with Gasteiger partial charge in [0.25, 0.3) is 0 Å². The molecule has 0 amide bonds. The average Bonchev–Trinajstić information content (AvgIpc) is 3.04. The zero-order chi connectivity index (χ0) is 16.8. The molecule has 0 radical (unpaired) electrons. The number of rotatable bonds is 5. The number of H-pyrrole nitrogens is 1. The molecule has 0 aliphatic carbocycles. The van der Waals surface area contributed by atoms with Crippen LogP contribution in [0.1, 0.15) is 25.0 Å². The number of nitrogens with zero attached hydrogens (tertiary/aromatic N) is 2. The molecule has 0 unspecified atom stereocenters. The van der Waals surface area contributed by atoms with Crippen LogP contribution in [0.3, 0.4) is 0 Å². The number of ether oxygens (including phenoxy) is 1. The Kier molecular flexibility index (Phi) is 5.75. The summed E-state index contributed by atoms with van der Waals surface area (Å²) in [6.45, 7) is 3.61. The number of para-hydroxylation sites is 1. The van der Waals surface area contributed by atoms with Crippen LogP contribution >= 0.6 is 0 Å². The second-order valence-corrected chi connectivity index (χ2v) is 6.55. The van der Waals surface area contributed by atoms with E-state index in [-0.39, 0.29) is 0 Å². The van der Waals surface area contributed by atoms with E-state index in [4.69, 9.17) is 4.74 Å². The predicted octanol–water partition coefficient (Wildman–Crippen LogP) is 2.99. The van der Waals surface area contributed by atoms with Gasteiger partial charge in [0.1, 0.15) is 0 Å². The first-order valence-corrected chi connectivity index (χ1v) is 8.82. The highest BCUT2D eigenvalue weighted by molar-refractivity contribution is 5.81. The highest BCUT2D eigenvalue weighted by Crippen LogP contribution is 2.18. The lowest BCUT2D eigenvalue weighted by atomic mass is 9.96. The van der Waals surface area contributed by atoms with Gasteiger partial charge in [-0.2, -0.15) is 0 Å². The van der Waals surface area contributed by atoms with Crippen molar-refractivity contribution >= 4 is 16.9 Å². The third kappa shape index (κ3) is 4.29. The van der Waals surface area contributed by atoms with Crippen molar-refractivity contribution in [3.8, 4) is 0 Å². The molecule has 0 saturated carbocycles. The van der Waals surface area contributed by atoms with Crippen LogP contribution in [0.25, 0.3) is 10.9 Å². The summed E-state index contributed by atoms with van der Waals surface area (Å²) in [5.74, 6) is 1.73. The Balaban J connectivity index is 1.50. The van der Waals surface area contributed by atoms with E-state index in [0.29, 0.717) is 0 Å². The second kappa shape index (κ2) is 8.20. The average molecular weight is 328 g/mol. The van der Waals surface area contributed by atoms with Crippen LogP contribution in [0.2, 0.25) is 0 Å². The number of nitrogens with one attached hydrogen (secondary N) is 2. The van der Waals surface area contributed by atoms with Gasteiger partial charge in [0.2, 0.25) is 0 Å². The van der Waals surface area contributed by atoms with E-state index in [2.05, 4.69) is 57.6 Å². The van der Waals surface area contributed by atoms with Gasteiger partial charge < -0.3 is 19.9 Å². The quantitative estimate of drug-likeness (QED) is 0.655. The highest BCUT2D eigenvalue weighted by Gasteiger charge is 2.15. The van der Waals surface area contributed by atoms with E-state index in [9.17, 15) is 0 Å². The van der Waals surface area contributed by atoms with E-state index in [1.165, 1.54) is 35.9 Å². The summed E-state index contributed by atoms with van der Waals surface area (Å²) in [6.07, 6.45) is 3.58. The van der Waals surface area contributed by atoms with Crippen molar-refractivity contribution in [1.82, 2.24) is 15.2 Å². The van der Waals surface area contributed by atoms with Gasteiger partial charge in [0.05, 0.1) is 6.54 Å². The fraction of sp³-hybridized carbons (Fsp3) is 0.526. The van der Waals surface area contributed by atoms with Gasteiger partial charge in [-0.05, 0) is 42.7 Å². The fourth-order valence-corrected chi connectivity index (χ4v) is 3.30. The molecular weight excluding hydrogens is 300 g/mol. The number of guanidine groups is 1. The number of aromatic amines is 1. The van der Waals surface area contributed by atoms with E-state index in [1.807, 2.05) is 7.05 Å². The Morgan fingerprint density at radius 3 is 2.88 bits per heavy atom. The summed E-state index contributed by atoms with van der Waals surface area (Å²) in [5, 5.41) is 4.70. The van der Waals surface area contributed by atoms with Crippen LogP contribution in [-0.4, -0.2) is 49.7 Å². The molecule has 1 aliphatic heterocycles. The Labute approximate surface area is 144 Å². The minimum atomic E-state index is 0.753. The lowest BCUT2D eigenvalue weighted by Gasteiger charge is -2.26. The predicted molar refractivity (Wildman–Crippen MR) is 99.3 cm³/mol. The number of hydrogen-bond donors (Lipinski definition) is 2. The molecule has 130 valence electrons. The summed E-state index contributed by atoms with van der Waals surface area (Å²) in [4.78, 5) is 10.1. The van der Waals surface area contributed by atoms with Gasteiger partial charge in [-0.15, -0.1) is 0 Å². The maximum Gasteiger partial charge on any atom is 0.193 e. The highest BCUT2D eigenvalue weighted by atomic mass is 16.5. The number of aliphatic imine (C=N–C) groups is 1. The molecule has 2 N–H and O–H groups in total. The first-order valence-electron chi connectivity index (χ1n) is 8.82. The van der Waals surface area contributed by atoms with Crippen LogP contribution in [0.15, 0.2) is 35.3 Å². The zero-order valence-electron chi connectivity index (χ0n) is 14.7. The normalized spacial score (nSPS) is 16.5. The monoisotopic (exact) mass is 328 g/mol. The third-order valence-corrected chi connectivity index (χ3v) is 4.81. The fourth-order valence-electron chi connectivity index (χ4n) is 3.30. The molecule has 1 aliphatic rings. The molecule has 5 nitrogen and oxygen atoms in total. The van der Waals surface area contributed by atoms with Crippen molar-refractivity contribution in [2.45, 2.75) is 25.8 Å². The SMILES string of the molecule is CN=C(NCc1cc2ccccc2[nH]1)N(C)CCC1CCOCC1. The smallest absolute Gasteiger partial charge is 0.193 e. The Hall–Kier alpha value is -2.01. The lowest BCUT2D eigenvalue weighted by Crippen LogP contribution is -2.39. The first kappa shape index (κ1) is 16.8. The molecule has 0 bridgehead atoms. The molecule has 5 heteroatoms. The van der Waals surface area contributed by atoms with Crippen LogP contribution in [0.4, 0.5) is 0 Å². The summed E-state index contributed by atoms with van der Waals surface area (Å²) in [6, 6.07) is 10.5. The van der Waals surface area contributed by atoms with E-state index >= 15 is 0 Å². The van der Waals surface area contributed by atoms with Crippen LogP contribution in [0.5, 0.6) is 0 Å². The number of fused-ring (bicyclic) bond motifs is 1. The third-order valence-electron chi connectivity index (χ3n) is 4.81. The summed E-state index contributed by atoms with van der Waals surface area (Å²) >= 11 is 0. The van der Waals surface area contributed by atoms with E-state index in [0.717, 1.165) is 38.2 Å². The van der Waals surface area contributed by atoms with Crippen molar-refractivity contribution in [2.24, 2.45) is 10.9 Å².